The topological polar surface area (TPSA) is 25.2 Å². The van der Waals surface area contributed by atoms with Gasteiger partial charge in [0.15, 0.2) is 0 Å². The smallest absolute Gasteiger partial charge is 0.140 e. The predicted molar refractivity (Wildman–Crippen MR) is 99.0 cm³/mol. The molecule has 0 fully saturated rings. The van der Waals surface area contributed by atoms with Crippen molar-refractivity contribution in [1.82, 2.24) is 4.57 Å². The number of hydrogen-bond donors (Lipinski definition) is 1. The van der Waals surface area contributed by atoms with Crippen molar-refractivity contribution < 1.29 is 5.11 Å². The highest BCUT2D eigenvalue weighted by Gasteiger charge is 2.37. The van der Waals surface area contributed by atoms with Gasteiger partial charge in [-0.05, 0) is 46.4 Å². The fraction of sp³-hybridized carbons (Fsp3) is 0.455. The van der Waals surface area contributed by atoms with E-state index < -0.39 is 6.10 Å². The fourth-order valence-electron chi connectivity index (χ4n) is 3.59. The van der Waals surface area contributed by atoms with E-state index in [1.54, 1.807) is 0 Å². The van der Waals surface area contributed by atoms with Crippen LogP contribution in [0.1, 0.15) is 68.9 Å². The van der Waals surface area contributed by atoms with Crippen LogP contribution in [0.4, 0.5) is 0 Å². The summed E-state index contributed by atoms with van der Waals surface area (Å²) in [5, 5.41) is 10.5. The molecule has 1 aliphatic rings. The van der Waals surface area contributed by atoms with E-state index in [4.69, 9.17) is 0 Å². The lowest BCUT2D eigenvalue weighted by molar-refractivity contribution is 0.237. The largest absolute Gasteiger partial charge is 0.376 e. The minimum atomic E-state index is -0.753. The van der Waals surface area contributed by atoms with Gasteiger partial charge in [0.05, 0.1) is 0 Å². The van der Waals surface area contributed by atoms with Crippen molar-refractivity contribution in [2.75, 3.05) is 0 Å². The van der Waals surface area contributed by atoms with Gasteiger partial charge in [0.2, 0.25) is 0 Å². The number of aryl methyl sites for hydroxylation is 1. The van der Waals surface area contributed by atoms with Gasteiger partial charge in [0.1, 0.15) is 6.10 Å². The highest BCUT2D eigenvalue weighted by atomic mass is 16.3. The Kier molecular flexibility index (Phi) is 4.10. The van der Waals surface area contributed by atoms with Crippen LogP contribution in [0.15, 0.2) is 36.7 Å². The molecule has 2 nitrogen and oxygen atoms in total. The highest BCUT2D eigenvalue weighted by molar-refractivity contribution is 5.45. The maximum absolute atomic E-state index is 10.5. The summed E-state index contributed by atoms with van der Waals surface area (Å²) in [4.78, 5) is 0. The highest BCUT2D eigenvalue weighted by Crippen LogP contribution is 2.46. The van der Waals surface area contributed by atoms with E-state index >= 15 is 0 Å². The second-order valence-corrected chi connectivity index (χ2v) is 8.31. The maximum atomic E-state index is 10.5. The molecule has 0 aliphatic heterocycles. The minimum Gasteiger partial charge on any atom is -0.376 e. The Balaban J connectivity index is 1.94. The molecule has 1 atom stereocenters. The Morgan fingerprint density at radius 1 is 1.04 bits per heavy atom. The van der Waals surface area contributed by atoms with Crippen molar-refractivity contribution in [3.8, 4) is 11.8 Å². The van der Waals surface area contributed by atoms with Gasteiger partial charge in [-0.15, -0.1) is 0 Å². The van der Waals surface area contributed by atoms with E-state index in [-0.39, 0.29) is 10.8 Å². The van der Waals surface area contributed by atoms with Gasteiger partial charge >= 0.3 is 0 Å². The van der Waals surface area contributed by atoms with E-state index in [0.717, 1.165) is 11.1 Å². The molecule has 0 spiro atoms. The molecule has 0 amide bonds. The second kappa shape index (κ2) is 5.83. The van der Waals surface area contributed by atoms with Gasteiger partial charge in [-0.25, -0.2) is 0 Å². The molecular formula is C22H27NO. The first-order chi connectivity index (χ1) is 11.2. The Hall–Kier alpha value is -1.98. The van der Waals surface area contributed by atoms with Crippen molar-refractivity contribution in [1.29, 1.82) is 0 Å². The van der Waals surface area contributed by atoms with Gasteiger partial charge in [-0.3, -0.25) is 0 Å². The molecule has 2 aromatic rings. The summed E-state index contributed by atoms with van der Waals surface area (Å²) in [6.45, 7) is 9.22. The van der Waals surface area contributed by atoms with E-state index in [0.29, 0.717) is 0 Å². The number of benzene rings is 1. The van der Waals surface area contributed by atoms with Crippen LogP contribution < -0.4 is 0 Å². The zero-order valence-electron chi connectivity index (χ0n) is 15.4. The summed E-state index contributed by atoms with van der Waals surface area (Å²) >= 11 is 0. The quantitative estimate of drug-likeness (QED) is 0.771. The van der Waals surface area contributed by atoms with E-state index in [1.807, 2.05) is 36.1 Å². The SMILES string of the molecule is Cn1ccc(C#CC(O)c2ccc3c(c2)C(C)(C)CCC3(C)C)c1. The lowest BCUT2D eigenvalue weighted by Gasteiger charge is -2.42. The summed E-state index contributed by atoms with van der Waals surface area (Å²) in [6, 6.07) is 8.35. The molecule has 0 bridgehead atoms. The van der Waals surface area contributed by atoms with Crippen LogP contribution in [0.5, 0.6) is 0 Å². The predicted octanol–water partition coefficient (Wildman–Crippen LogP) is 4.46. The van der Waals surface area contributed by atoms with Gasteiger partial charge in [0, 0.05) is 25.0 Å². The molecule has 126 valence electrons. The number of hydrogen-bond acceptors (Lipinski definition) is 1. The molecule has 1 unspecified atom stereocenters. The molecule has 1 aromatic carbocycles. The van der Waals surface area contributed by atoms with Gasteiger partial charge < -0.3 is 9.67 Å². The normalized spacial score (nSPS) is 19.1. The van der Waals surface area contributed by atoms with E-state index in [9.17, 15) is 5.11 Å². The van der Waals surface area contributed by atoms with Crippen LogP contribution in [-0.2, 0) is 17.9 Å². The molecular weight excluding hydrogens is 294 g/mol. The first kappa shape index (κ1) is 16.9. The monoisotopic (exact) mass is 321 g/mol. The van der Waals surface area contributed by atoms with Crippen LogP contribution in [0, 0.1) is 11.8 Å². The molecule has 2 heteroatoms. The Bertz CT molecular complexity index is 814. The second-order valence-electron chi connectivity index (χ2n) is 8.31. The number of rotatable bonds is 1. The average Bonchev–Trinajstić information content (AvgIpc) is 2.95. The van der Waals surface area contributed by atoms with E-state index in [2.05, 4.69) is 51.7 Å². The number of fused-ring (bicyclic) bond motifs is 1. The lowest BCUT2D eigenvalue weighted by atomic mass is 9.63. The number of aliphatic hydroxyl groups excluding tert-OH is 1. The average molecular weight is 321 g/mol. The first-order valence-electron chi connectivity index (χ1n) is 8.65. The summed E-state index contributed by atoms with van der Waals surface area (Å²) in [5.74, 6) is 6.04. The third-order valence-electron chi connectivity index (χ3n) is 5.38. The first-order valence-corrected chi connectivity index (χ1v) is 8.65. The summed E-state index contributed by atoms with van der Waals surface area (Å²) in [7, 11) is 1.97. The van der Waals surface area contributed by atoms with E-state index in [1.165, 1.54) is 24.0 Å². The van der Waals surface area contributed by atoms with Crippen molar-refractivity contribution in [3.05, 3.63) is 58.9 Å². The van der Waals surface area contributed by atoms with Gasteiger partial charge in [-0.1, -0.05) is 57.7 Å². The Labute approximate surface area is 145 Å². The van der Waals surface area contributed by atoms with Crippen molar-refractivity contribution >= 4 is 0 Å². The molecule has 1 aliphatic carbocycles. The third kappa shape index (κ3) is 3.14. The number of nitrogens with zero attached hydrogens (tertiary/aromatic N) is 1. The molecule has 1 heterocycles. The zero-order chi connectivity index (χ0) is 17.5. The van der Waals surface area contributed by atoms with Crippen molar-refractivity contribution in [3.63, 3.8) is 0 Å². The Morgan fingerprint density at radius 2 is 1.71 bits per heavy atom. The van der Waals surface area contributed by atoms with Crippen LogP contribution in [0.25, 0.3) is 0 Å². The zero-order valence-corrected chi connectivity index (χ0v) is 15.4. The fourth-order valence-corrected chi connectivity index (χ4v) is 3.59. The maximum Gasteiger partial charge on any atom is 0.140 e. The van der Waals surface area contributed by atoms with Crippen molar-refractivity contribution in [2.24, 2.45) is 7.05 Å². The van der Waals surface area contributed by atoms with Crippen LogP contribution in [0.2, 0.25) is 0 Å². The van der Waals surface area contributed by atoms with Crippen LogP contribution >= 0.6 is 0 Å². The van der Waals surface area contributed by atoms with Crippen molar-refractivity contribution in [2.45, 2.75) is 57.5 Å². The molecule has 24 heavy (non-hydrogen) atoms. The molecule has 0 saturated carbocycles. The molecule has 1 aromatic heterocycles. The molecule has 0 saturated heterocycles. The third-order valence-corrected chi connectivity index (χ3v) is 5.38. The standard InChI is InChI=1S/C22H27NO/c1-21(2)11-12-22(3,4)19-14-17(7-8-18(19)21)20(24)9-6-16-10-13-23(5)15-16/h7-8,10,13-15,20,24H,11-12H2,1-5H3. The lowest BCUT2D eigenvalue weighted by Crippen LogP contribution is -2.34. The molecule has 3 rings (SSSR count). The van der Waals surface area contributed by atoms with Crippen LogP contribution in [0.3, 0.4) is 0 Å². The summed E-state index contributed by atoms with van der Waals surface area (Å²) < 4.78 is 1.96. The van der Waals surface area contributed by atoms with Crippen LogP contribution in [-0.4, -0.2) is 9.67 Å². The van der Waals surface area contributed by atoms with Gasteiger partial charge in [-0.2, -0.15) is 0 Å². The summed E-state index contributed by atoms with van der Waals surface area (Å²) in [6.07, 6.45) is 5.53. The number of aromatic nitrogens is 1. The molecule has 0 radical (unpaired) electrons. The summed E-state index contributed by atoms with van der Waals surface area (Å²) in [5.41, 5.74) is 4.93. The Morgan fingerprint density at radius 3 is 2.33 bits per heavy atom. The number of aliphatic hydroxyl groups is 1. The van der Waals surface area contributed by atoms with Gasteiger partial charge in [0.25, 0.3) is 0 Å². The molecule has 1 N–H and O–H groups in total. The minimum absolute atomic E-state index is 0.146.